The highest BCUT2D eigenvalue weighted by Crippen LogP contribution is 2.26. The van der Waals surface area contributed by atoms with Gasteiger partial charge < -0.3 is 15.0 Å². The molecule has 3 aliphatic rings. The molecule has 0 unspecified atom stereocenters. The van der Waals surface area contributed by atoms with Crippen molar-refractivity contribution < 1.29 is 24.0 Å². The lowest BCUT2D eigenvalue weighted by Gasteiger charge is -2.27. The molecule has 3 saturated heterocycles. The number of likely N-dealkylation sites (N-methyl/N-ethyl adjacent to an activating group) is 1. The number of nitrogens with zero attached hydrogens (tertiary/aromatic N) is 4. The van der Waals surface area contributed by atoms with Gasteiger partial charge in [0.05, 0.1) is 11.0 Å². The Labute approximate surface area is 209 Å². The number of hydrogen-bond acceptors (Lipinski definition) is 8. The summed E-state index contributed by atoms with van der Waals surface area (Å²) in [4.78, 5) is 54.1. The molecular weight excluding hydrogens is 474 g/mol. The molecule has 4 rings (SSSR count). The molecule has 0 saturated carbocycles. The maximum absolute atomic E-state index is 13.3. The number of non-ortho nitro benzene ring substituents is 1. The molecule has 11 nitrogen and oxygen atoms in total. The van der Waals surface area contributed by atoms with Gasteiger partial charge in [-0.15, -0.1) is 0 Å². The van der Waals surface area contributed by atoms with Crippen LogP contribution in [-0.4, -0.2) is 94.1 Å². The third-order valence-electron chi connectivity index (χ3n) is 6.98. The Morgan fingerprint density at radius 2 is 1.89 bits per heavy atom. The van der Waals surface area contributed by atoms with Crippen LogP contribution in [0.2, 0.25) is 0 Å². The third-order valence-corrected chi connectivity index (χ3v) is 7.35. The van der Waals surface area contributed by atoms with Crippen LogP contribution in [0.1, 0.15) is 31.2 Å². The Bertz CT molecular complexity index is 976. The molecular formula is C23H31N5O6S. The predicted molar refractivity (Wildman–Crippen MR) is 130 cm³/mol. The fraction of sp³-hybridized carbons (Fsp3) is 0.609. The molecule has 1 aromatic carbocycles. The molecule has 190 valence electrons. The van der Waals surface area contributed by atoms with E-state index in [4.69, 9.17) is 4.74 Å². The van der Waals surface area contributed by atoms with E-state index < -0.39 is 17.1 Å². The first-order valence-corrected chi connectivity index (χ1v) is 12.4. The zero-order chi connectivity index (χ0) is 25.1. The smallest absolute Gasteiger partial charge is 0.410 e. The highest BCUT2D eigenvalue weighted by Gasteiger charge is 2.43. The normalized spacial score (nSPS) is 26.7. The Hall–Kier alpha value is -2.86. The fourth-order valence-electron chi connectivity index (χ4n) is 5.02. The van der Waals surface area contributed by atoms with E-state index in [2.05, 4.69) is 22.8 Å². The van der Waals surface area contributed by atoms with Crippen molar-refractivity contribution in [3.8, 4) is 0 Å². The lowest BCUT2D eigenvalue weighted by atomic mass is 10.2. The van der Waals surface area contributed by atoms with Crippen LogP contribution in [0.15, 0.2) is 24.3 Å². The average molecular weight is 506 g/mol. The van der Waals surface area contributed by atoms with Crippen LogP contribution in [0.5, 0.6) is 0 Å². The minimum absolute atomic E-state index is 0.0111. The van der Waals surface area contributed by atoms with E-state index in [0.29, 0.717) is 38.0 Å². The average Bonchev–Trinajstić information content (AvgIpc) is 3.57. The summed E-state index contributed by atoms with van der Waals surface area (Å²) in [5.74, 6) is -0.152. The minimum Gasteiger partial charge on any atom is -0.445 e. The molecule has 3 heterocycles. The topological polar surface area (TPSA) is 125 Å². The summed E-state index contributed by atoms with van der Waals surface area (Å²) in [6.07, 6.45) is 2.34. The second-order valence-electron chi connectivity index (χ2n) is 9.45. The van der Waals surface area contributed by atoms with E-state index in [1.165, 1.54) is 29.2 Å². The van der Waals surface area contributed by atoms with Gasteiger partial charge in [-0.1, -0.05) is 0 Å². The number of rotatable bonds is 6. The Balaban J connectivity index is 1.30. The summed E-state index contributed by atoms with van der Waals surface area (Å²) in [5, 5.41) is 13.7. The molecule has 3 fully saturated rings. The van der Waals surface area contributed by atoms with Gasteiger partial charge in [0, 0.05) is 43.1 Å². The first-order valence-electron chi connectivity index (χ1n) is 11.9. The van der Waals surface area contributed by atoms with Crippen molar-refractivity contribution in [1.82, 2.24) is 20.0 Å². The van der Waals surface area contributed by atoms with Gasteiger partial charge in [0.2, 0.25) is 11.8 Å². The van der Waals surface area contributed by atoms with E-state index in [0.717, 1.165) is 19.4 Å². The van der Waals surface area contributed by atoms with E-state index in [1.807, 2.05) is 7.05 Å². The van der Waals surface area contributed by atoms with Crippen LogP contribution >= 0.6 is 12.6 Å². The fourth-order valence-corrected chi connectivity index (χ4v) is 5.40. The molecule has 1 N–H and O–H groups in total. The van der Waals surface area contributed by atoms with Crippen LogP contribution < -0.4 is 5.32 Å². The monoisotopic (exact) mass is 505 g/mol. The standard InChI is InChI=1S/C23H31N5O6S/c1-25-9-2-3-19(25)21(29)24-16-8-10-26(12-16)22(30)20-11-18(35)13-27(20)23(31)34-14-15-4-6-17(7-5-15)28(32)33/h4-7,16,18-20,35H,2-3,8-14H2,1H3,(H,24,29)/t16-,18-,19-,20-/m0/s1. The molecule has 3 aliphatic heterocycles. The van der Waals surface area contributed by atoms with Crippen LogP contribution in [0, 0.1) is 10.1 Å². The van der Waals surface area contributed by atoms with Gasteiger partial charge in [-0.25, -0.2) is 4.79 Å². The minimum atomic E-state index is -0.669. The largest absolute Gasteiger partial charge is 0.445 e. The number of nitro groups is 1. The number of carbonyl (C=O) groups excluding carboxylic acids is 3. The van der Waals surface area contributed by atoms with E-state index in [-0.39, 0.29) is 41.4 Å². The summed E-state index contributed by atoms with van der Waals surface area (Å²) >= 11 is 4.49. The molecule has 0 bridgehead atoms. The summed E-state index contributed by atoms with van der Waals surface area (Å²) < 4.78 is 5.40. The third kappa shape index (κ3) is 5.87. The molecule has 0 aromatic heterocycles. The van der Waals surface area contributed by atoms with Crippen molar-refractivity contribution in [2.24, 2.45) is 0 Å². The molecule has 35 heavy (non-hydrogen) atoms. The van der Waals surface area contributed by atoms with Crippen molar-refractivity contribution in [2.75, 3.05) is 33.2 Å². The lowest BCUT2D eigenvalue weighted by molar-refractivity contribution is -0.384. The number of likely N-dealkylation sites (tertiary alicyclic amines) is 3. The van der Waals surface area contributed by atoms with Gasteiger partial charge in [-0.05, 0) is 57.0 Å². The molecule has 0 radical (unpaired) electrons. The second kappa shape index (κ2) is 10.8. The quantitative estimate of drug-likeness (QED) is 0.340. The number of nitrogens with one attached hydrogen (secondary N) is 1. The van der Waals surface area contributed by atoms with Crippen LogP contribution in [0.3, 0.4) is 0 Å². The number of nitro benzene ring substituents is 1. The molecule has 4 atom stereocenters. The Kier molecular flexibility index (Phi) is 7.80. The molecule has 1 aromatic rings. The summed E-state index contributed by atoms with van der Waals surface area (Å²) in [5.41, 5.74) is 0.568. The van der Waals surface area contributed by atoms with Gasteiger partial charge in [0.1, 0.15) is 12.6 Å². The molecule has 12 heteroatoms. The maximum Gasteiger partial charge on any atom is 0.410 e. The van der Waals surface area contributed by atoms with E-state index in [9.17, 15) is 24.5 Å². The van der Waals surface area contributed by atoms with Crippen LogP contribution in [0.25, 0.3) is 0 Å². The zero-order valence-corrected chi connectivity index (χ0v) is 20.6. The van der Waals surface area contributed by atoms with Gasteiger partial charge in [0.15, 0.2) is 0 Å². The van der Waals surface area contributed by atoms with E-state index in [1.54, 1.807) is 4.90 Å². The SMILES string of the molecule is CN1CCC[C@H]1C(=O)N[C@H]1CCN(C(=O)[C@@H]2C[C@H](S)CN2C(=O)OCc2ccc([N+](=O)[O-])cc2)C1. The first kappa shape index (κ1) is 25.2. The summed E-state index contributed by atoms with van der Waals surface area (Å²) in [7, 11) is 1.95. The van der Waals surface area contributed by atoms with Gasteiger partial charge >= 0.3 is 6.09 Å². The Morgan fingerprint density at radius 1 is 1.14 bits per heavy atom. The number of thiol groups is 1. The Morgan fingerprint density at radius 3 is 2.54 bits per heavy atom. The summed E-state index contributed by atoms with van der Waals surface area (Å²) in [6, 6.07) is 4.88. The van der Waals surface area contributed by atoms with Crippen molar-refractivity contribution in [2.45, 2.75) is 55.7 Å². The number of hydrogen-bond donors (Lipinski definition) is 2. The highest BCUT2D eigenvalue weighted by atomic mass is 32.1. The van der Waals surface area contributed by atoms with Crippen molar-refractivity contribution in [1.29, 1.82) is 0 Å². The maximum atomic E-state index is 13.3. The van der Waals surface area contributed by atoms with Crippen LogP contribution in [0.4, 0.5) is 10.5 Å². The van der Waals surface area contributed by atoms with Gasteiger partial charge in [-0.3, -0.25) is 29.5 Å². The van der Waals surface area contributed by atoms with Gasteiger partial charge in [-0.2, -0.15) is 12.6 Å². The van der Waals surface area contributed by atoms with Crippen molar-refractivity contribution >= 4 is 36.2 Å². The lowest BCUT2D eigenvalue weighted by Crippen LogP contribution is -2.49. The molecule has 0 aliphatic carbocycles. The van der Waals surface area contributed by atoms with Gasteiger partial charge in [0.25, 0.3) is 5.69 Å². The first-order chi connectivity index (χ1) is 16.7. The predicted octanol–water partition coefficient (Wildman–Crippen LogP) is 1.42. The summed E-state index contributed by atoms with van der Waals surface area (Å²) in [6.45, 7) is 2.08. The number of amides is 3. The van der Waals surface area contributed by atoms with E-state index >= 15 is 0 Å². The highest BCUT2D eigenvalue weighted by molar-refractivity contribution is 7.81. The number of benzene rings is 1. The van der Waals surface area contributed by atoms with Crippen molar-refractivity contribution in [3.05, 3.63) is 39.9 Å². The molecule has 3 amide bonds. The second-order valence-corrected chi connectivity index (χ2v) is 10.2. The zero-order valence-electron chi connectivity index (χ0n) is 19.7. The number of carbonyl (C=O) groups is 3. The molecule has 0 spiro atoms. The van der Waals surface area contributed by atoms with Crippen LogP contribution in [-0.2, 0) is 20.9 Å². The van der Waals surface area contributed by atoms with Crippen molar-refractivity contribution in [3.63, 3.8) is 0 Å². The number of ether oxygens (including phenoxy) is 1.